The van der Waals surface area contributed by atoms with E-state index >= 15 is 0 Å². The molecule has 0 unspecified atom stereocenters. The van der Waals surface area contributed by atoms with Crippen LogP contribution in [-0.4, -0.2) is 20.2 Å². The van der Waals surface area contributed by atoms with Gasteiger partial charge >= 0.3 is 0 Å². The van der Waals surface area contributed by atoms with Crippen LogP contribution in [0.4, 0.5) is 0 Å². The summed E-state index contributed by atoms with van der Waals surface area (Å²) >= 11 is 3.50. The number of hydrogen-bond acceptors (Lipinski definition) is 3. The fourth-order valence-corrected chi connectivity index (χ4v) is 3.01. The molecule has 0 heterocycles. The van der Waals surface area contributed by atoms with Crippen molar-refractivity contribution >= 4 is 15.9 Å². The maximum Gasteiger partial charge on any atom is 0.133 e. The summed E-state index contributed by atoms with van der Waals surface area (Å²) in [5.74, 6) is 0.871. The lowest BCUT2D eigenvalue weighted by molar-refractivity contribution is 0.141. The normalized spacial score (nSPS) is 17.3. The second kappa shape index (κ2) is 6.04. The van der Waals surface area contributed by atoms with Gasteiger partial charge in [0.05, 0.1) is 11.6 Å². The highest BCUT2D eigenvalue weighted by atomic mass is 79.9. The van der Waals surface area contributed by atoms with E-state index in [0.29, 0.717) is 5.41 Å². The van der Waals surface area contributed by atoms with E-state index in [2.05, 4.69) is 33.4 Å². The molecule has 1 aliphatic carbocycles. The molecule has 0 saturated heterocycles. The minimum atomic E-state index is 0.365. The first-order valence-corrected chi connectivity index (χ1v) is 7.22. The number of rotatable bonds is 6. The highest BCUT2D eigenvalue weighted by molar-refractivity contribution is 9.10. The van der Waals surface area contributed by atoms with Crippen molar-refractivity contribution in [3.05, 3.63) is 28.2 Å². The Balaban J connectivity index is 1.85. The van der Waals surface area contributed by atoms with E-state index < -0.39 is 0 Å². The van der Waals surface area contributed by atoms with Crippen LogP contribution < -0.4 is 15.8 Å². The summed E-state index contributed by atoms with van der Waals surface area (Å²) in [5.41, 5.74) is 7.47. The van der Waals surface area contributed by atoms with Gasteiger partial charge in [0, 0.05) is 13.1 Å². The molecule has 1 saturated carbocycles. The summed E-state index contributed by atoms with van der Waals surface area (Å²) in [6, 6.07) is 6.18. The lowest BCUT2D eigenvalue weighted by Gasteiger charge is -2.41. The molecular formula is C14H21BrN2O. The molecule has 0 amide bonds. The van der Waals surface area contributed by atoms with Gasteiger partial charge in [-0.25, -0.2) is 0 Å². The van der Waals surface area contributed by atoms with E-state index in [9.17, 15) is 0 Å². The van der Waals surface area contributed by atoms with Gasteiger partial charge in [-0.2, -0.15) is 0 Å². The Labute approximate surface area is 117 Å². The van der Waals surface area contributed by atoms with Gasteiger partial charge in [-0.15, -0.1) is 0 Å². The summed E-state index contributed by atoms with van der Waals surface area (Å²) in [7, 11) is 1.68. The quantitative estimate of drug-likeness (QED) is 0.849. The van der Waals surface area contributed by atoms with Gasteiger partial charge < -0.3 is 15.8 Å². The molecule has 4 heteroatoms. The van der Waals surface area contributed by atoms with Crippen molar-refractivity contribution < 1.29 is 4.74 Å². The Morgan fingerprint density at radius 2 is 2.22 bits per heavy atom. The summed E-state index contributed by atoms with van der Waals surface area (Å²) in [6.07, 6.45) is 3.86. The minimum absolute atomic E-state index is 0.365. The first kappa shape index (κ1) is 13.8. The Morgan fingerprint density at radius 1 is 1.44 bits per heavy atom. The standard InChI is InChI=1S/C14H21BrN2O/c1-18-13-4-3-11(7-12(13)15)8-17-10-14(9-16)5-2-6-14/h3-4,7,17H,2,5-6,8-10,16H2,1H3. The summed E-state index contributed by atoms with van der Waals surface area (Å²) < 4.78 is 6.22. The lowest BCUT2D eigenvalue weighted by atomic mass is 9.69. The summed E-state index contributed by atoms with van der Waals surface area (Å²) in [4.78, 5) is 0. The Morgan fingerprint density at radius 3 is 2.72 bits per heavy atom. The first-order chi connectivity index (χ1) is 8.69. The van der Waals surface area contributed by atoms with E-state index in [1.54, 1.807) is 7.11 Å². The highest BCUT2D eigenvalue weighted by Gasteiger charge is 2.34. The van der Waals surface area contributed by atoms with Crippen LogP contribution in [0.25, 0.3) is 0 Å². The van der Waals surface area contributed by atoms with Gasteiger partial charge in [0.2, 0.25) is 0 Å². The predicted octanol–water partition coefficient (Wildman–Crippen LogP) is 2.68. The van der Waals surface area contributed by atoms with Crippen LogP contribution in [0.1, 0.15) is 24.8 Å². The highest BCUT2D eigenvalue weighted by Crippen LogP contribution is 2.39. The van der Waals surface area contributed by atoms with Crippen LogP contribution in [0.2, 0.25) is 0 Å². The second-order valence-electron chi connectivity index (χ2n) is 5.13. The molecule has 3 N–H and O–H groups in total. The first-order valence-electron chi connectivity index (χ1n) is 6.42. The molecule has 1 aliphatic rings. The summed E-state index contributed by atoms with van der Waals surface area (Å²) in [6.45, 7) is 2.70. The maximum absolute atomic E-state index is 5.85. The third kappa shape index (κ3) is 3.05. The number of benzene rings is 1. The molecule has 0 aromatic heterocycles. The number of halogens is 1. The Kier molecular flexibility index (Phi) is 4.65. The predicted molar refractivity (Wildman–Crippen MR) is 77.7 cm³/mol. The third-order valence-corrected chi connectivity index (χ3v) is 4.51. The number of hydrogen-bond donors (Lipinski definition) is 2. The zero-order chi connectivity index (χ0) is 13.0. The molecule has 1 aromatic carbocycles. The molecule has 0 aliphatic heterocycles. The van der Waals surface area contributed by atoms with Crippen molar-refractivity contribution in [1.29, 1.82) is 0 Å². The van der Waals surface area contributed by atoms with Crippen LogP contribution in [0.3, 0.4) is 0 Å². The average Bonchev–Trinajstić information content (AvgIpc) is 2.33. The third-order valence-electron chi connectivity index (χ3n) is 3.89. The zero-order valence-corrected chi connectivity index (χ0v) is 12.4. The fourth-order valence-electron chi connectivity index (χ4n) is 2.42. The van der Waals surface area contributed by atoms with Gasteiger partial charge in [-0.1, -0.05) is 12.5 Å². The molecular weight excluding hydrogens is 292 g/mol. The zero-order valence-electron chi connectivity index (χ0n) is 10.8. The molecule has 18 heavy (non-hydrogen) atoms. The number of methoxy groups -OCH3 is 1. The number of nitrogens with one attached hydrogen (secondary N) is 1. The molecule has 0 radical (unpaired) electrons. The molecule has 0 spiro atoms. The van der Waals surface area contributed by atoms with Gasteiger partial charge in [0.15, 0.2) is 0 Å². The second-order valence-corrected chi connectivity index (χ2v) is 5.98. The molecule has 1 aromatic rings. The van der Waals surface area contributed by atoms with E-state index in [4.69, 9.17) is 10.5 Å². The molecule has 0 atom stereocenters. The largest absolute Gasteiger partial charge is 0.496 e. The average molecular weight is 313 g/mol. The Bertz CT molecular complexity index is 399. The van der Waals surface area contributed by atoms with Gasteiger partial charge in [0.25, 0.3) is 0 Å². The van der Waals surface area contributed by atoms with Crippen LogP contribution >= 0.6 is 15.9 Å². The van der Waals surface area contributed by atoms with Crippen molar-refractivity contribution in [2.24, 2.45) is 11.1 Å². The van der Waals surface area contributed by atoms with Crippen molar-refractivity contribution in [1.82, 2.24) is 5.32 Å². The van der Waals surface area contributed by atoms with Crippen LogP contribution in [0.5, 0.6) is 5.75 Å². The smallest absolute Gasteiger partial charge is 0.133 e. The monoisotopic (exact) mass is 312 g/mol. The van der Waals surface area contributed by atoms with Crippen molar-refractivity contribution in [2.75, 3.05) is 20.2 Å². The molecule has 3 nitrogen and oxygen atoms in total. The van der Waals surface area contributed by atoms with Crippen molar-refractivity contribution in [2.45, 2.75) is 25.8 Å². The number of nitrogens with two attached hydrogens (primary N) is 1. The van der Waals surface area contributed by atoms with Gasteiger partial charge in [-0.3, -0.25) is 0 Å². The van der Waals surface area contributed by atoms with E-state index in [0.717, 1.165) is 29.9 Å². The molecule has 2 rings (SSSR count). The van der Waals surface area contributed by atoms with Gasteiger partial charge in [0.1, 0.15) is 5.75 Å². The minimum Gasteiger partial charge on any atom is -0.496 e. The van der Waals surface area contributed by atoms with E-state index in [1.165, 1.54) is 24.8 Å². The summed E-state index contributed by atoms with van der Waals surface area (Å²) in [5, 5.41) is 3.52. The van der Waals surface area contributed by atoms with Crippen LogP contribution in [-0.2, 0) is 6.54 Å². The molecule has 0 bridgehead atoms. The topological polar surface area (TPSA) is 47.3 Å². The SMILES string of the molecule is COc1ccc(CNCC2(CN)CCC2)cc1Br. The van der Waals surface area contributed by atoms with Gasteiger partial charge in [-0.05, 0) is 58.4 Å². The molecule has 100 valence electrons. The van der Waals surface area contributed by atoms with Crippen LogP contribution in [0, 0.1) is 5.41 Å². The lowest BCUT2D eigenvalue weighted by Crippen LogP contribution is -2.45. The Hall–Kier alpha value is -0.580. The van der Waals surface area contributed by atoms with Crippen molar-refractivity contribution in [3.8, 4) is 5.75 Å². The fraction of sp³-hybridized carbons (Fsp3) is 0.571. The maximum atomic E-state index is 5.85. The van der Waals surface area contributed by atoms with Crippen LogP contribution in [0.15, 0.2) is 22.7 Å². The number of ether oxygens (including phenoxy) is 1. The van der Waals surface area contributed by atoms with E-state index in [-0.39, 0.29) is 0 Å². The van der Waals surface area contributed by atoms with E-state index in [1.807, 2.05) is 6.07 Å². The van der Waals surface area contributed by atoms with Crippen molar-refractivity contribution in [3.63, 3.8) is 0 Å². The molecule has 1 fully saturated rings.